The van der Waals surface area contributed by atoms with Gasteiger partial charge in [0, 0.05) is 23.2 Å². The van der Waals surface area contributed by atoms with Crippen molar-refractivity contribution < 1.29 is 51.3 Å². The molecule has 3 unspecified atom stereocenters. The number of aliphatic hydroxyl groups excluding tert-OH is 1. The monoisotopic (exact) mass is 698 g/mol. The van der Waals surface area contributed by atoms with Crippen molar-refractivity contribution >= 4 is 23.5 Å². The SMILES string of the molecule is COc1ccc(-c2cc(C(O)C(=O)O)ccc2F)cc1C(=O)N[C@@H]1C2CCC(C2=CC2CCCC2)[C@@H]1C(=O)Nc1ccc(F)c(C(F)(F)F)c1. The van der Waals surface area contributed by atoms with E-state index in [1.807, 2.05) is 0 Å². The highest BCUT2D eigenvalue weighted by molar-refractivity contribution is 6.00. The van der Waals surface area contributed by atoms with Crippen molar-refractivity contribution in [3.05, 3.63) is 94.6 Å². The van der Waals surface area contributed by atoms with Gasteiger partial charge in [0.2, 0.25) is 5.91 Å². The number of halogens is 5. The molecule has 2 amide bonds. The van der Waals surface area contributed by atoms with Crippen LogP contribution in [0.25, 0.3) is 11.1 Å². The summed E-state index contributed by atoms with van der Waals surface area (Å²) in [6.07, 6.45) is 0.787. The van der Waals surface area contributed by atoms with Crippen LogP contribution >= 0.6 is 0 Å². The van der Waals surface area contributed by atoms with Crippen molar-refractivity contribution in [2.45, 2.75) is 56.8 Å². The number of aliphatic carboxylic acids is 1. The Hall–Kier alpha value is -4.78. The molecule has 264 valence electrons. The minimum atomic E-state index is -4.97. The summed E-state index contributed by atoms with van der Waals surface area (Å²) in [5, 5.41) is 24.8. The number of carbonyl (C=O) groups excluding carboxylic acids is 2. The zero-order valence-corrected chi connectivity index (χ0v) is 26.9. The van der Waals surface area contributed by atoms with Gasteiger partial charge in [-0.1, -0.05) is 36.6 Å². The smallest absolute Gasteiger partial charge is 0.419 e. The van der Waals surface area contributed by atoms with Crippen LogP contribution in [0.4, 0.5) is 27.6 Å². The molecular weight excluding hydrogens is 663 g/mol. The average Bonchev–Trinajstić information content (AvgIpc) is 3.81. The number of anilines is 1. The minimum Gasteiger partial charge on any atom is -0.496 e. The van der Waals surface area contributed by atoms with E-state index in [9.17, 15) is 42.2 Å². The third-order valence-corrected chi connectivity index (χ3v) is 10.2. The van der Waals surface area contributed by atoms with Crippen molar-refractivity contribution in [3.63, 3.8) is 0 Å². The number of alkyl halides is 3. The van der Waals surface area contributed by atoms with Crippen molar-refractivity contribution in [1.29, 1.82) is 0 Å². The summed E-state index contributed by atoms with van der Waals surface area (Å²) in [4.78, 5) is 39.3. The summed E-state index contributed by atoms with van der Waals surface area (Å²) in [5.41, 5.74) is -0.675. The average molecular weight is 699 g/mol. The van der Waals surface area contributed by atoms with Gasteiger partial charge in [-0.2, -0.15) is 13.2 Å². The first-order valence-corrected chi connectivity index (χ1v) is 16.4. The van der Waals surface area contributed by atoms with E-state index in [0.717, 1.165) is 49.5 Å². The maximum absolute atomic E-state index is 15.0. The van der Waals surface area contributed by atoms with Gasteiger partial charge >= 0.3 is 12.1 Å². The zero-order chi connectivity index (χ0) is 35.9. The van der Waals surface area contributed by atoms with E-state index in [1.54, 1.807) is 0 Å². The Morgan fingerprint density at radius 1 is 0.920 bits per heavy atom. The third-order valence-electron chi connectivity index (χ3n) is 10.2. The largest absolute Gasteiger partial charge is 0.496 e. The highest BCUT2D eigenvalue weighted by Crippen LogP contribution is 2.54. The number of fused-ring (bicyclic) bond motifs is 2. The lowest BCUT2D eigenvalue weighted by Crippen LogP contribution is -2.48. The third kappa shape index (κ3) is 6.83. The van der Waals surface area contributed by atoms with Gasteiger partial charge in [0.25, 0.3) is 5.91 Å². The molecule has 3 aromatic carbocycles. The molecule has 0 aromatic heterocycles. The second-order valence-electron chi connectivity index (χ2n) is 13.1. The molecule has 0 radical (unpaired) electrons. The normalized spacial score (nSPS) is 23.2. The Kier molecular flexibility index (Phi) is 9.71. The molecule has 0 aliphatic heterocycles. The molecule has 8 nitrogen and oxygen atoms in total. The molecule has 3 saturated carbocycles. The number of aliphatic hydroxyl groups is 1. The van der Waals surface area contributed by atoms with Crippen LogP contribution in [-0.4, -0.2) is 41.1 Å². The van der Waals surface area contributed by atoms with Crippen molar-refractivity contribution in [2.75, 3.05) is 12.4 Å². The highest BCUT2D eigenvalue weighted by atomic mass is 19.4. The topological polar surface area (TPSA) is 125 Å². The molecule has 4 N–H and O–H groups in total. The number of rotatable bonds is 9. The fourth-order valence-corrected chi connectivity index (χ4v) is 7.83. The number of benzene rings is 3. The second kappa shape index (κ2) is 13.9. The first-order chi connectivity index (χ1) is 23.8. The molecule has 50 heavy (non-hydrogen) atoms. The number of amides is 2. The lowest BCUT2D eigenvalue weighted by atomic mass is 9.83. The fourth-order valence-electron chi connectivity index (χ4n) is 7.83. The summed E-state index contributed by atoms with van der Waals surface area (Å²) in [7, 11) is 1.34. The summed E-state index contributed by atoms with van der Waals surface area (Å²) in [5.74, 6) is -5.90. The van der Waals surface area contributed by atoms with Crippen LogP contribution in [0.5, 0.6) is 5.75 Å². The zero-order valence-electron chi connectivity index (χ0n) is 26.9. The van der Waals surface area contributed by atoms with Gasteiger partial charge in [-0.05, 0) is 91.1 Å². The van der Waals surface area contributed by atoms with Crippen LogP contribution in [0.3, 0.4) is 0 Å². The molecule has 3 aliphatic carbocycles. The standard InChI is InChI=1S/C37H35F5N2O6/c1-50-30-13-7-19(24-16-20(6-11-28(24)38)33(45)36(48)49)15-26(30)34(46)44-32-23-10-9-22(25(23)14-18-4-2-3-5-18)31(32)35(47)43-21-8-12-29(39)27(17-21)37(40,41)42/h6-8,11-18,22-23,31-33,45H,2-5,9-10H2,1H3,(H,43,47)(H,44,46)(H,48,49)/t22?,23?,31-,32+,33?/m0/s1. The van der Waals surface area contributed by atoms with Crippen LogP contribution in [0, 0.1) is 35.3 Å². The molecule has 3 aliphatic rings. The number of allylic oxidation sites excluding steroid dienone is 1. The number of nitrogens with one attached hydrogen (secondary N) is 2. The number of carbonyl (C=O) groups is 3. The first-order valence-electron chi connectivity index (χ1n) is 16.4. The van der Waals surface area contributed by atoms with Crippen LogP contribution in [0.15, 0.2) is 66.2 Å². The van der Waals surface area contributed by atoms with E-state index in [4.69, 9.17) is 4.74 Å². The number of carboxylic acid groups (broad SMARTS) is 1. The van der Waals surface area contributed by atoms with Crippen molar-refractivity contribution in [2.24, 2.45) is 23.7 Å². The molecule has 0 spiro atoms. The van der Waals surface area contributed by atoms with Crippen LogP contribution < -0.4 is 15.4 Å². The van der Waals surface area contributed by atoms with Crippen LogP contribution in [-0.2, 0) is 15.8 Å². The van der Waals surface area contributed by atoms with Gasteiger partial charge in [0.1, 0.15) is 17.4 Å². The fraction of sp³-hybridized carbons (Fsp3) is 0.378. The summed E-state index contributed by atoms with van der Waals surface area (Å²) < 4.78 is 74.7. The molecule has 0 heterocycles. The number of methoxy groups -OCH3 is 1. The Labute approximate surface area is 284 Å². The number of hydrogen-bond acceptors (Lipinski definition) is 5. The van der Waals surface area contributed by atoms with Gasteiger partial charge < -0.3 is 25.6 Å². The molecule has 6 rings (SSSR count). The molecule has 13 heteroatoms. The molecule has 3 aromatic rings. The summed E-state index contributed by atoms with van der Waals surface area (Å²) in [6.45, 7) is 0. The summed E-state index contributed by atoms with van der Waals surface area (Å²) in [6, 6.07) is 9.08. The van der Waals surface area contributed by atoms with E-state index in [-0.39, 0.29) is 45.5 Å². The van der Waals surface area contributed by atoms with Gasteiger partial charge in [-0.3, -0.25) is 9.59 Å². The van der Waals surface area contributed by atoms with Gasteiger partial charge in [-0.25, -0.2) is 13.6 Å². The molecule has 2 bridgehead atoms. The van der Waals surface area contributed by atoms with Gasteiger partial charge in [0.15, 0.2) is 6.10 Å². The van der Waals surface area contributed by atoms with Crippen LogP contribution in [0.1, 0.15) is 66.1 Å². The van der Waals surface area contributed by atoms with E-state index in [2.05, 4.69) is 16.7 Å². The maximum atomic E-state index is 15.0. The van der Waals surface area contributed by atoms with Gasteiger partial charge in [-0.15, -0.1) is 0 Å². The van der Waals surface area contributed by atoms with E-state index < -0.39 is 59.2 Å². The Bertz CT molecular complexity index is 1850. The van der Waals surface area contributed by atoms with Crippen molar-refractivity contribution in [1.82, 2.24) is 5.32 Å². The Balaban J connectivity index is 1.33. The predicted octanol–water partition coefficient (Wildman–Crippen LogP) is 7.29. The summed E-state index contributed by atoms with van der Waals surface area (Å²) >= 11 is 0. The minimum absolute atomic E-state index is 0.00908. The molecular formula is C37H35F5N2O6. The van der Waals surface area contributed by atoms with Crippen molar-refractivity contribution in [3.8, 4) is 16.9 Å². The lowest BCUT2D eigenvalue weighted by molar-refractivity contribution is -0.147. The van der Waals surface area contributed by atoms with E-state index in [0.29, 0.717) is 30.9 Å². The van der Waals surface area contributed by atoms with Gasteiger partial charge in [0.05, 0.1) is 24.2 Å². The molecule has 3 fully saturated rings. The second-order valence-corrected chi connectivity index (χ2v) is 13.1. The highest BCUT2D eigenvalue weighted by Gasteiger charge is 2.55. The lowest BCUT2D eigenvalue weighted by Gasteiger charge is -2.30. The number of carboxylic acids is 1. The number of hydrogen-bond donors (Lipinski definition) is 4. The van der Waals surface area contributed by atoms with Crippen LogP contribution in [0.2, 0.25) is 0 Å². The van der Waals surface area contributed by atoms with E-state index >= 15 is 4.39 Å². The molecule has 5 atom stereocenters. The van der Waals surface area contributed by atoms with E-state index in [1.165, 1.54) is 31.4 Å². The predicted molar refractivity (Wildman–Crippen MR) is 172 cm³/mol. The maximum Gasteiger partial charge on any atom is 0.419 e. The Morgan fingerprint density at radius 3 is 2.30 bits per heavy atom. The first kappa shape index (κ1) is 35.1. The molecule has 0 saturated heterocycles. The Morgan fingerprint density at radius 2 is 1.62 bits per heavy atom. The number of ether oxygens (including phenoxy) is 1. The quantitative estimate of drug-likeness (QED) is 0.138.